The van der Waals surface area contributed by atoms with Crippen LogP contribution in [0.2, 0.25) is 0 Å². The van der Waals surface area contributed by atoms with E-state index in [1.54, 1.807) is 12.1 Å². The summed E-state index contributed by atoms with van der Waals surface area (Å²) in [6.45, 7) is 0.424. The molecule has 0 heterocycles. The first kappa shape index (κ1) is 18.9. The lowest BCUT2D eigenvalue weighted by atomic mass is 10.1. The normalized spacial score (nSPS) is 23.8. The second-order valence-corrected chi connectivity index (χ2v) is 6.28. The Labute approximate surface area is 144 Å². The van der Waals surface area contributed by atoms with Crippen molar-refractivity contribution < 1.29 is 22.7 Å². The van der Waals surface area contributed by atoms with E-state index < -0.39 is 6.36 Å². The first-order chi connectivity index (χ1) is 10.8. The maximum absolute atomic E-state index is 12.4. The lowest BCUT2D eigenvalue weighted by Gasteiger charge is -2.14. The van der Waals surface area contributed by atoms with E-state index in [1.807, 2.05) is 0 Å². The molecule has 0 bridgehead atoms. The van der Waals surface area contributed by atoms with Gasteiger partial charge in [0.05, 0.1) is 0 Å². The molecule has 0 aromatic heterocycles. The average molecular weight is 365 g/mol. The third kappa shape index (κ3) is 4.77. The number of nitrogens with two attached hydrogens (primary N) is 1. The summed E-state index contributed by atoms with van der Waals surface area (Å²) in [7, 11) is 0. The van der Waals surface area contributed by atoms with Crippen LogP contribution in [0, 0.1) is 11.8 Å². The zero-order chi connectivity index (χ0) is 16.6. The molecule has 2 aliphatic carbocycles. The maximum atomic E-state index is 12.4. The number of nitrogens with one attached hydrogen (secondary N) is 1. The van der Waals surface area contributed by atoms with Crippen LogP contribution in [0.4, 0.5) is 13.2 Å². The van der Waals surface area contributed by atoms with Gasteiger partial charge >= 0.3 is 6.36 Å². The van der Waals surface area contributed by atoms with Crippen molar-refractivity contribution in [1.29, 1.82) is 0 Å². The minimum atomic E-state index is -4.74. The van der Waals surface area contributed by atoms with Crippen molar-refractivity contribution in [1.82, 2.24) is 5.32 Å². The fraction of sp³-hybridized carbons (Fsp3) is 0.562. The average Bonchev–Trinajstić information content (AvgIpc) is 3.36. The largest absolute Gasteiger partial charge is 0.573 e. The number of rotatable bonds is 6. The van der Waals surface area contributed by atoms with Gasteiger partial charge in [0.2, 0.25) is 5.91 Å². The molecule has 3 atom stereocenters. The molecule has 2 fully saturated rings. The van der Waals surface area contributed by atoms with E-state index in [9.17, 15) is 18.0 Å². The molecule has 2 aliphatic rings. The van der Waals surface area contributed by atoms with E-state index >= 15 is 0 Å². The molecule has 1 amide bonds. The Bertz CT molecular complexity index is 593. The highest BCUT2D eigenvalue weighted by Gasteiger charge is 2.46. The van der Waals surface area contributed by atoms with Crippen LogP contribution in [0.25, 0.3) is 0 Å². The van der Waals surface area contributed by atoms with Crippen LogP contribution >= 0.6 is 12.4 Å². The van der Waals surface area contributed by atoms with Crippen LogP contribution in [0.3, 0.4) is 0 Å². The molecule has 2 saturated carbocycles. The van der Waals surface area contributed by atoms with Crippen LogP contribution < -0.4 is 15.8 Å². The van der Waals surface area contributed by atoms with E-state index in [2.05, 4.69) is 10.1 Å². The van der Waals surface area contributed by atoms with Crippen LogP contribution in [0.15, 0.2) is 24.3 Å². The van der Waals surface area contributed by atoms with Crippen LogP contribution in [-0.2, 0) is 4.79 Å². The van der Waals surface area contributed by atoms with Gasteiger partial charge in [-0.1, -0.05) is 18.2 Å². The second kappa shape index (κ2) is 7.19. The van der Waals surface area contributed by atoms with E-state index in [4.69, 9.17) is 5.73 Å². The summed E-state index contributed by atoms with van der Waals surface area (Å²) in [5.41, 5.74) is 6.35. The molecular weight excluding hydrogens is 345 g/mol. The van der Waals surface area contributed by atoms with E-state index in [0.717, 1.165) is 12.8 Å². The quantitative estimate of drug-likeness (QED) is 0.815. The minimum Gasteiger partial charge on any atom is -0.405 e. The lowest BCUT2D eigenvalue weighted by molar-refractivity contribution is -0.274. The predicted molar refractivity (Wildman–Crippen MR) is 84.9 cm³/mol. The van der Waals surface area contributed by atoms with Gasteiger partial charge in [-0.2, -0.15) is 0 Å². The number of benzene rings is 1. The second-order valence-electron chi connectivity index (χ2n) is 6.28. The van der Waals surface area contributed by atoms with Gasteiger partial charge < -0.3 is 15.8 Å². The standard InChI is InChI=1S/C16H19F3N2O2.ClH/c17-16(18,19)23-14-4-2-1-3-10(14)11-7-12(11)15(22)21-8-13(20)9-5-6-9;/h1-4,9,11-13H,5-8,20H2,(H,21,22);1H. The summed E-state index contributed by atoms with van der Waals surface area (Å²) in [4.78, 5) is 12.1. The number of ether oxygens (including phenoxy) is 1. The SMILES string of the molecule is Cl.NC(CNC(=O)C1CC1c1ccccc1OC(F)(F)F)C1CC1. The fourth-order valence-corrected chi connectivity index (χ4v) is 2.87. The topological polar surface area (TPSA) is 64.3 Å². The Hall–Kier alpha value is -1.47. The van der Waals surface area contributed by atoms with Crippen LogP contribution in [0.5, 0.6) is 5.75 Å². The third-order valence-corrected chi connectivity index (χ3v) is 4.41. The molecule has 0 saturated heterocycles. The van der Waals surface area contributed by atoms with Crippen molar-refractivity contribution in [2.75, 3.05) is 6.54 Å². The molecule has 1 aromatic rings. The summed E-state index contributed by atoms with van der Waals surface area (Å²) in [5.74, 6) is -0.417. The smallest absolute Gasteiger partial charge is 0.405 e. The molecular formula is C16H20ClF3N2O2. The van der Waals surface area contributed by atoms with Crippen molar-refractivity contribution >= 4 is 18.3 Å². The number of carbonyl (C=O) groups excluding carboxylic acids is 1. The van der Waals surface area contributed by atoms with E-state index in [1.165, 1.54) is 12.1 Å². The van der Waals surface area contributed by atoms with Gasteiger partial charge in [0.15, 0.2) is 0 Å². The number of hydrogen-bond acceptors (Lipinski definition) is 3. The number of para-hydroxylation sites is 1. The van der Waals surface area contributed by atoms with Crippen LogP contribution in [0.1, 0.15) is 30.7 Å². The van der Waals surface area contributed by atoms with Crippen molar-refractivity contribution in [3.05, 3.63) is 29.8 Å². The van der Waals surface area contributed by atoms with Crippen molar-refractivity contribution in [3.63, 3.8) is 0 Å². The summed E-state index contributed by atoms with van der Waals surface area (Å²) >= 11 is 0. The molecule has 1 aromatic carbocycles. The molecule has 0 spiro atoms. The summed E-state index contributed by atoms with van der Waals surface area (Å²) < 4.78 is 41.4. The summed E-state index contributed by atoms with van der Waals surface area (Å²) in [6, 6.07) is 5.96. The molecule has 4 nitrogen and oxygen atoms in total. The summed E-state index contributed by atoms with van der Waals surface area (Å²) in [6.07, 6.45) is -2.00. The van der Waals surface area contributed by atoms with Crippen LogP contribution in [-0.4, -0.2) is 24.9 Å². The van der Waals surface area contributed by atoms with Gasteiger partial charge in [0.25, 0.3) is 0 Å². The Morgan fingerprint density at radius 2 is 2.00 bits per heavy atom. The number of halogens is 4. The Morgan fingerprint density at radius 1 is 1.33 bits per heavy atom. The molecule has 0 aliphatic heterocycles. The number of amides is 1. The molecule has 0 radical (unpaired) electrons. The highest BCUT2D eigenvalue weighted by Crippen LogP contribution is 2.51. The Morgan fingerprint density at radius 3 is 2.62 bits per heavy atom. The van der Waals surface area contributed by atoms with Gasteiger partial charge in [-0.05, 0) is 42.7 Å². The Balaban J connectivity index is 0.00000208. The number of hydrogen-bond donors (Lipinski definition) is 2. The zero-order valence-electron chi connectivity index (χ0n) is 12.9. The fourth-order valence-electron chi connectivity index (χ4n) is 2.87. The van der Waals surface area contributed by atoms with Crippen molar-refractivity contribution in [3.8, 4) is 5.75 Å². The Kier molecular flexibility index (Phi) is 5.65. The van der Waals surface area contributed by atoms with Gasteiger partial charge in [-0.3, -0.25) is 4.79 Å². The molecule has 8 heteroatoms. The highest BCUT2D eigenvalue weighted by molar-refractivity contribution is 5.85. The van der Waals surface area contributed by atoms with Crippen molar-refractivity contribution in [2.24, 2.45) is 17.6 Å². The zero-order valence-corrected chi connectivity index (χ0v) is 13.7. The van der Waals surface area contributed by atoms with Crippen molar-refractivity contribution in [2.45, 2.75) is 37.6 Å². The minimum absolute atomic E-state index is 0. The van der Waals surface area contributed by atoms with E-state index in [0.29, 0.717) is 24.4 Å². The first-order valence-electron chi connectivity index (χ1n) is 7.73. The highest BCUT2D eigenvalue weighted by atomic mass is 35.5. The molecule has 134 valence electrons. The molecule has 3 N–H and O–H groups in total. The van der Waals surface area contributed by atoms with E-state index in [-0.39, 0.29) is 41.9 Å². The van der Waals surface area contributed by atoms with Gasteiger partial charge in [0, 0.05) is 18.5 Å². The third-order valence-electron chi connectivity index (χ3n) is 4.41. The first-order valence-corrected chi connectivity index (χ1v) is 7.73. The summed E-state index contributed by atoms with van der Waals surface area (Å²) in [5, 5.41) is 2.81. The number of alkyl halides is 3. The molecule has 3 rings (SSSR count). The maximum Gasteiger partial charge on any atom is 0.573 e. The monoisotopic (exact) mass is 364 g/mol. The number of carbonyl (C=O) groups is 1. The van der Waals surface area contributed by atoms with Gasteiger partial charge in [-0.15, -0.1) is 25.6 Å². The lowest BCUT2D eigenvalue weighted by Crippen LogP contribution is -2.39. The van der Waals surface area contributed by atoms with Gasteiger partial charge in [-0.25, -0.2) is 0 Å². The molecule has 3 unspecified atom stereocenters. The van der Waals surface area contributed by atoms with Gasteiger partial charge in [0.1, 0.15) is 5.75 Å². The predicted octanol–water partition coefficient (Wildman–Crippen LogP) is 2.96. The molecule has 24 heavy (non-hydrogen) atoms.